The number of furan rings is 1. The van der Waals surface area contributed by atoms with Crippen LogP contribution in [0, 0.1) is 0 Å². The number of piperidine rings is 1. The summed E-state index contributed by atoms with van der Waals surface area (Å²) in [4.78, 5) is 12.6. The quantitative estimate of drug-likeness (QED) is 0.918. The van der Waals surface area contributed by atoms with Crippen LogP contribution in [-0.4, -0.2) is 37.5 Å². The highest BCUT2D eigenvalue weighted by atomic mass is 32.2. The number of nitrogens with zero attached hydrogens (tertiary/aromatic N) is 1. The van der Waals surface area contributed by atoms with Crippen LogP contribution in [0.5, 0.6) is 0 Å². The Morgan fingerprint density at radius 3 is 2.79 bits per heavy atom. The number of carbonyl (C=O) groups is 1. The zero-order chi connectivity index (χ0) is 17.3. The molecule has 2 aromatic rings. The summed E-state index contributed by atoms with van der Waals surface area (Å²) in [5.41, 5.74) is 0.768. The van der Waals surface area contributed by atoms with Crippen LogP contribution in [0.3, 0.4) is 0 Å². The zero-order valence-electron chi connectivity index (χ0n) is 13.9. The molecule has 0 bridgehead atoms. The first kappa shape index (κ1) is 17.0. The van der Waals surface area contributed by atoms with Crippen molar-refractivity contribution in [1.29, 1.82) is 0 Å². The molecule has 0 aliphatic carbocycles. The fourth-order valence-corrected chi connectivity index (χ4v) is 4.28. The van der Waals surface area contributed by atoms with Crippen LogP contribution in [0.15, 0.2) is 34.7 Å². The van der Waals surface area contributed by atoms with Gasteiger partial charge in [-0.1, -0.05) is 24.6 Å². The Morgan fingerprint density at radius 1 is 1.33 bits per heavy atom. The number of amides is 1. The molecule has 1 aromatic carbocycles. The van der Waals surface area contributed by atoms with E-state index in [4.69, 9.17) is 4.42 Å². The number of sulfonamides is 1. The molecule has 3 rings (SSSR count). The molecule has 1 aliphatic rings. The number of carbonyl (C=O) groups excluding carboxylic acids is 1. The minimum absolute atomic E-state index is 0.270. The van der Waals surface area contributed by atoms with Crippen molar-refractivity contribution in [3.05, 3.63) is 36.1 Å². The van der Waals surface area contributed by atoms with Crippen LogP contribution in [0.25, 0.3) is 11.0 Å². The van der Waals surface area contributed by atoms with E-state index < -0.39 is 16.1 Å². The predicted octanol–water partition coefficient (Wildman–Crippen LogP) is 2.42. The summed E-state index contributed by atoms with van der Waals surface area (Å²) >= 11 is 0. The third-order valence-electron chi connectivity index (χ3n) is 4.41. The summed E-state index contributed by atoms with van der Waals surface area (Å²) < 4.78 is 30.9. The molecule has 1 fully saturated rings. The number of rotatable bonds is 4. The minimum atomic E-state index is -3.39. The van der Waals surface area contributed by atoms with E-state index in [0.717, 1.165) is 30.1 Å². The lowest BCUT2D eigenvalue weighted by molar-refractivity contribution is -0.126. The number of hydrogen-bond acceptors (Lipinski definition) is 4. The van der Waals surface area contributed by atoms with Crippen molar-refractivity contribution in [2.75, 3.05) is 12.8 Å². The average Bonchev–Trinajstić information content (AvgIpc) is 2.98. The second kappa shape index (κ2) is 6.57. The molecule has 24 heavy (non-hydrogen) atoms. The van der Waals surface area contributed by atoms with Gasteiger partial charge in [0.05, 0.1) is 12.3 Å². The Labute approximate surface area is 141 Å². The summed E-state index contributed by atoms with van der Waals surface area (Å²) in [6.07, 6.45) is 3.34. The van der Waals surface area contributed by atoms with E-state index in [2.05, 4.69) is 5.32 Å². The van der Waals surface area contributed by atoms with Crippen LogP contribution >= 0.6 is 0 Å². The average molecular weight is 350 g/mol. The maximum atomic E-state index is 12.6. The van der Waals surface area contributed by atoms with Crippen LogP contribution in [-0.2, 0) is 14.8 Å². The van der Waals surface area contributed by atoms with Gasteiger partial charge in [0.1, 0.15) is 17.4 Å². The molecule has 2 atom stereocenters. The van der Waals surface area contributed by atoms with Crippen molar-refractivity contribution in [3.8, 4) is 0 Å². The molecule has 1 saturated heterocycles. The summed E-state index contributed by atoms with van der Waals surface area (Å²) in [7, 11) is -3.39. The normalized spacial score (nSPS) is 20.8. The molecule has 1 N–H and O–H groups in total. The largest absolute Gasteiger partial charge is 0.459 e. The van der Waals surface area contributed by atoms with Gasteiger partial charge in [-0.05, 0) is 31.9 Å². The summed E-state index contributed by atoms with van der Waals surface area (Å²) in [5.74, 6) is 0.388. The lowest BCUT2D eigenvalue weighted by Gasteiger charge is -2.33. The van der Waals surface area contributed by atoms with Gasteiger partial charge in [-0.2, -0.15) is 4.31 Å². The molecule has 7 heteroatoms. The molecule has 1 aliphatic heterocycles. The molecule has 2 unspecified atom stereocenters. The molecule has 0 radical (unpaired) electrons. The van der Waals surface area contributed by atoms with Gasteiger partial charge in [-0.3, -0.25) is 4.79 Å². The first-order chi connectivity index (χ1) is 11.4. The predicted molar refractivity (Wildman–Crippen MR) is 92.0 cm³/mol. The van der Waals surface area contributed by atoms with Crippen LogP contribution in [0.1, 0.15) is 38.0 Å². The first-order valence-corrected chi connectivity index (χ1v) is 9.97. The monoisotopic (exact) mass is 350 g/mol. The second-order valence-corrected chi connectivity index (χ2v) is 8.24. The molecule has 6 nitrogen and oxygen atoms in total. The lowest BCUT2D eigenvalue weighted by atomic mass is 10.0. The van der Waals surface area contributed by atoms with E-state index in [1.165, 1.54) is 4.31 Å². The van der Waals surface area contributed by atoms with Gasteiger partial charge in [-0.15, -0.1) is 0 Å². The second-order valence-electron chi connectivity index (χ2n) is 6.30. The van der Waals surface area contributed by atoms with Crippen LogP contribution < -0.4 is 5.32 Å². The highest BCUT2D eigenvalue weighted by molar-refractivity contribution is 7.88. The molecular formula is C17H22N2O4S. The molecular weight excluding hydrogens is 328 g/mol. The van der Waals surface area contributed by atoms with Crippen LogP contribution in [0.4, 0.5) is 0 Å². The number of nitrogens with one attached hydrogen (secondary N) is 1. The Kier molecular flexibility index (Phi) is 4.64. The lowest BCUT2D eigenvalue weighted by Crippen LogP contribution is -2.51. The summed E-state index contributed by atoms with van der Waals surface area (Å²) in [6, 6.07) is 8.58. The number of benzene rings is 1. The van der Waals surface area contributed by atoms with Crippen molar-refractivity contribution >= 4 is 26.9 Å². The molecule has 0 spiro atoms. The van der Waals surface area contributed by atoms with Gasteiger partial charge < -0.3 is 9.73 Å². The van der Waals surface area contributed by atoms with Gasteiger partial charge in [0.15, 0.2) is 0 Å². The highest BCUT2D eigenvalue weighted by Gasteiger charge is 2.35. The standard InChI is InChI=1S/C17H22N2O4S/c1-12(16-11-13-7-3-4-9-15(13)23-16)18-17(20)14-8-5-6-10-19(14)24(2,21)22/h3-4,7,9,11-12,14H,5-6,8,10H2,1-2H3,(H,18,20). The van der Waals surface area contributed by atoms with E-state index >= 15 is 0 Å². The fourth-order valence-electron chi connectivity index (χ4n) is 3.16. The zero-order valence-corrected chi connectivity index (χ0v) is 14.7. The maximum absolute atomic E-state index is 12.6. The van der Waals surface area contributed by atoms with E-state index in [1.807, 2.05) is 37.3 Å². The van der Waals surface area contributed by atoms with Crippen molar-refractivity contribution in [2.45, 2.75) is 38.3 Å². The molecule has 130 valence electrons. The summed E-state index contributed by atoms with van der Waals surface area (Å²) in [6.45, 7) is 2.24. The molecule has 1 amide bonds. The third kappa shape index (κ3) is 3.47. The third-order valence-corrected chi connectivity index (χ3v) is 5.70. The molecule has 0 saturated carbocycles. The number of hydrogen-bond donors (Lipinski definition) is 1. The van der Waals surface area contributed by atoms with Crippen LogP contribution in [0.2, 0.25) is 0 Å². The Morgan fingerprint density at radius 2 is 2.08 bits per heavy atom. The van der Waals surface area contributed by atoms with E-state index in [0.29, 0.717) is 18.7 Å². The minimum Gasteiger partial charge on any atom is -0.459 e. The SMILES string of the molecule is CC(NC(=O)C1CCCCN1S(C)(=O)=O)c1cc2ccccc2o1. The van der Waals surface area contributed by atoms with Gasteiger partial charge >= 0.3 is 0 Å². The number of fused-ring (bicyclic) bond motifs is 1. The summed E-state index contributed by atoms with van der Waals surface area (Å²) in [5, 5.41) is 3.87. The van der Waals surface area contributed by atoms with Crippen molar-refractivity contribution in [2.24, 2.45) is 0 Å². The molecule has 2 heterocycles. The van der Waals surface area contributed by atoms with E-state index in [-0.39, 0.29) is 11.9 Å². The van der Waals surface area contributed by atoms with E-state index in [9.17, 15) is 13.2 Å². The Balaban J connectivity index is 1.75. The number of para-hydroxylation sites is 1. The maximum Gasteiger partial charge on any atom is 0.239 e. The molecule has 1 aromatic heterocycles. The fraction of sp³-hybridized carbons (Fsp3) is 0.471. The topological polar surface area (TPSA) is 79.6 Å². The smallest absolute Gasteiger partial charge is 0.239 e. The first-order valence-electron chi connectivity index (χ1n) is 8.12. The van der Waals surface area contributed by atoms with Gasteiger partial charge in [0, 0.05) is 11.9 Å². The van der Waals surface area contributed by atoms with Crippen molar-refractivity contribution in [1.82, 2.24) is 9.62 Å². The van der Waals surface area contributed by atoms with Gasteiger partial charge in [0.2, 0.25) is 15.9 Å². The highest BCUT2D eigenvalue weighted by Crippen LogP contribution is 2.25. The Hall–Kier alpha value is -1.86. The van der Waals surface area contributed by atoms with Crippen molar-refractivity contribution < 1.29 is 17.6 Å². The van der Waals surface area contributed by atoms with E-state index in [1.54, 1.807) is 0 Å². The van der Waals surface area contributed by atoms with Crippen molar-refractivity contribution in [3.63, 3.8) is 0 Å². The van der Waals surface area contributed by atoms with Gasteiger partial charge in [-0.25, -0.2) is 8.42 Å². The Bertz CT molecular complexity index is 810. The van der Waals surface area contributed by atoms with Gasteiger partial charge in [0.25, 0.3) is 0 Å².